The predicted octanol–water partition coefficient (Wildman–Crippen LogP) is 4.18. The van der Waals surface area contributed by atoms with Crippen LogP contribution in [0.1, 0.15) is 26.9 Å². The molecule has 0 aliphatic rings. The van der Waals surface area contributed by atoms with Crippen LogP contribution in [-0.2, 0) is 0 Å². The normalized spacial score (nSPS) is 12.5. The van der Waals surface area contributed by atoms with E-state index in [0.717, 1.165) is 15.8 Å². The first-order valence-electron chi connectivity index (χ1n) is 5.69. The molecule has 96 valence electrons. The highest BCUT2D eigenvalue weighted by Crippen LogP contribution is 2.33. The molecule has 0 saturated carbocycles. The van der Waals surface area contributed by atoms with Gasteiger partial charge in [0, 0.05) is 9.75 Å². The fraction of sp³-hybridized carbons (Fsp3) is 0.286. The molecule has 0 aliphatic heterocycles. The van der Waals surface area contributed by atoms with Crippen molar-refractivity contribution >= 4 is 27.3 Å². The summed E-state index contributed by atoms with van der Waals surface area (Å²) < 4.78 is 6.16. The molecule has 18 heavy (non-hydrogen) atoms. The molecule has 1 atom stereocenters. The molecule has 0 fully saturated rings. The van der Waals surface area contributed by atoms with Crippen LogP contribution in [0.2, 0.25) is 0 Å². The first-order chi connectivity index (χ1) is 8.52. The summed E-state index contributed by atoms with van der Waals surface area (Å²) in [5.74, 6) is 0.824. The second-order valence-corrected chi connectivity index (χ2v) is 6.40. The zero-order chi connectivity index (χ0) is 13.3. The Kier molecular flexibility index (Phi) is 4.10. The Bertz CT molecular complexity index is 545. The molecule has 0 saturated heterocycles. The molecule has 2 nitrogen and oxygen atoms in total. The van der Waals surface area contributed by atoms with Crippen LogP contribution in [0.25, 0.3) is 0 Å². The second kappa shape index (κ2) is 5.43. The van der Waals surface area contributed by atoms with Gasteiger partial charge in [-0.25, -0.2) is 0 Å². The summed E-state index contributed by atoms with van der Waals surface area (Å²) in [6.45, 7) is 4.24. The van der Waals surface area contributed by atoms with Gasteiger partial charge in [-0.15, -0.1) is 11.3 Å². The lowest BCUT2D eigenvalue weighted by Crippen LogP contribution is -2.10. The summed E-state index contributed by atoms with van der Waals surface area (Å²) in [5.41, 5.74) is 8.70. The maximum atomic E-state index is 6.31. The molecule has 1 aromatic heterocycles. The monoisotopic (exact) mass is 325 g/mol. The lowest BCUT2D eigenvalue weighted by molar-refractivity contribution is 0.412. The van der Waals surface area contributed by atoms with Crippen molar-refractivity contribution in [2.45, 2.75) is 19.9 Å². The summed E-state index contributed by atoms with van der Waals surface area (Å²) in [7, 11) is 1.66. The number of methoxy groups -OCH3 is 1. The lowest BCUT2D eigenvalue weighted by atomic mass is 10.1. The van der Waals surface area contributed by atoms with E-state index in [1.54, 1.807) is 18.4 Å². The Morgan fingerprint density at radius 3 is 2.50 bits per heavy atom. The summed E-state index contributed by atoms with van der Waals surface area (Å²) in [4.78, 5) is 2.52. The molecule has 0 spiro atoms. The molecule has 1 unspecified atom stereocenters. The zero-order valence-corrected chi connectivity index (χ0v) is 13.1. The second-order valence-electron chi connectivity index (χ2n) is 4.26. The van der Waals surface area contributed by atoms with Crippen LogP contribution < -0.4 is 10.5 Å². The molecule has 0 aliphatic carbocycles. The van der Waals surface area contributed by atoms with Gasteiger partial charge in [-0.05, 0) is 59.1 Å². The van der Waals surface area contributed by atoms with Crippen molar-refractivity contribution in [2.24, 2.45) is 5.73 Å². The zero-order valence-electron chi connectivity index (χ0n) is 10.7. The van der Waals surface area contributed by atoms with E-state index < -0.39 is 0 Å². The van der Waals surface area contributed by atoms with Gasteiger partial charge in [-0.3, -0.25) is 0 Å². The van der Waals surface area contributed by atoms with Crippen molar-refractivity contribution in [2.75, 3.05) is 7.11 Å². The van der Waals surface area contributed by atoms with E-state index in [1.165, 1.54) is 15.3 Å². The van der Waals surface area contributed by atoms with E-state index in [2.05, 4.69) is 35.8 Å². The molecule has 0 radical (unpaired) electrons. The van der Waals surface area contributed by atoms with Crippen LogP contribution in [0.3, 0.4) is 0 Å². The Morgan fingerprint density at radius 2 is 2.00 bits per heavy atom. The third-order valence-corrected chi connectivity index (χ3v) is 4.88. The van der Waals surface area contributed by atoms with E-state index in [1.807, 2.05) is 18.2 Å². The quantitative estimate of drug-likeness (QED) is 0.918. The molecule has 1 heterocycles. The SMILES string of the molecule is COc1ccc(C(N)c2cc(C)c(C)s2)cc1Br. The van der Waals surface area contributed by atoms with Gasteiger partial charge < -0.3 is 10.5 Å². The van der Waals surface area contributed by atoms with E-state index in [4.69, 9.17) is 10.5 Å². The van der Waals surface area contributed by atoms with Gasteiger partial charge in [0.2, 0.25) is 0 Å². The maximum Gasteiger partial charge on any atom is 0.133 e. The molecular formula is C14H16BrNOS. The molecular weight excluding hydrogens is 310 g/mol. The fourth-order valence-electron chi connectivity index (χ4n) is 1.80. The van der Waals surface area contributed by atoms with Crippen LogP contribution >= 0.6 is 27.3 Å². The molecule has 2 rings (SSSR count). The van der Waals surface area contributed by atoms with Crippen molar-refractivity contribution in [3.63, 3.8) is 0 Å². The van der Waals surface area contributed by atoms with Gasteiger partial charge in [-0.2, -0.15) is 0 Å². The first-order valence-corrected chi connectivity index (χ1v) is 7.30. The topological polar surface area (TPSA) is 35.2 Å². The fourth-order valence-corrected chi connectivity index (χ4v) is 3.43. The number of rotatable bonds is 3. The summed E-state index contributed by atoms with van der Waals surface area (Å²) in [6, 6.07) is 8.06. The Balaban J connectivity index is 2.33. The average molecular weight is 326 g/mol. The van der Waals surface area contributed by atoms with Gasteiger partial charge in [-0.1, -0.05) is 6.07 Å². The number of hydrogen-bond donors (Lipinski definition) is 1. The van der Waals surface area contributed by atoms with Gasteiger partial charge in [0.05, 0.1) is 17.6 Å². The smallest absolute Gasteiger partial charge is 0.133 e. The van der Waals surface area contributed by atoms with Crippen LogP contribution in [0.15, 0.2) is 28.7 Å². The van der Waals surface area contributed by atoms with Gasteiger partial charge in [0.25, 0.3) is 0 Å². The number of thiophene rings is 1. The summed E-state index contributed by atoms with van der Waals surface area (Å²) in [6.07, 6.45) is 0. The number of halogens is 1. The van der Waals surface area contributed by atoms with Crippen LogP contribution in [0.5, 0.6) is 5.75 Å². The van der Waals surface area contributed by atoms with Gasteiger partial charge in [0.1, 0.15) is 5.75 Å². The molecule has 1 aromatic carbocycles. The minimum atomic E-state index is -0.0791. The average Bonchev–Trinajstić information content (AvgIpc) is 2.68. The highest BCUT2D eigenvalue weighted by Gasteiger charge is 2.14. The predicted molar refractivity (Wildman–Crippen MR) is 80.5 cm³/mol. The van der Waals surface area contributed by atoms with Crippen molar-refractivity contribution in [1.29, 1.82) is 0 Å². The lowest BCUT2D eigenvalue weighted by Gasteiger charge is -2.12. The van der Waals surface area contributed by atoms with Crippen molar-refractivity contribution in [3.8, 4) is 5.75 Å². The first kappa shape index (κ1) is 13.6. The van der Waals surface area contributed by atoms with Gasteiger partial charge >= 0.3 is 0 Å². The Hall–Kier alpha value is -0.840. The van der Waals surface area contributed by atoms with Crippen molar-refractivity contribution in [3.05, 3.63) is 49.6 Å². The highest BCUT2D eigenvalue weighted by atomic mass is 79.9. The number of ether oxygens (including phenoxy) is 1. The maximum absolute atomic E-state index is 6.31. The minimum absolute atomic E-state index is 0.0791. The van der Waals surface area contributed by atoms with Crippen LogP contribution in [0, 0.1) is 13.8 Å². The third-order valence-electron chi connectivity index (χ3n) is 3.03. The van der Waals surface area contributed by atoms with E-state index in [9.17, 15) is 0 Å². The summed E-state index contributed by atoms with van der Waals surface area (Å²) >= 11 is 5.25. The number of hydrogen-bond acceptors (Lipinski definition) is 3. The Labute approximate surface area is 120 Å². The number of nitrogens with two attached hydrogens (primary N) is 1. The standard InChI is InChI=1S/C14H16BrNOS/c1-8-6-13(18-9(8)2)14(16)10-4-5-12(17-3)11(15)7-10/h4-7,14H,16H2,1-3H3. The van der Waals surface area contributed by atoms with E-state index in [-0.39, 0.29) is 6.04 Å². The number of benzene rings is 1. The summed E-state index contributed by atoms with van der Waals surface area (Å²) in [5, 5.41) is 0. The molecule has 4 heteroatoms. The molecule has 2 aromatic rings. The van der Waals surface area contributed by atoms with Crippen LogP contribution in [0.4, 0.5) is 0 Å². The Morgan fingerprint density at radius 1 is 1.28 bits per heavy atom. The molecule has 2 N–H and O–H groups in total. The highest BCUT2D eigenvalue weighted by molar-refractivity contribution is 9.10. The third kappa shape index (κ3) is 2.60. The largest absolute Gasteiger partial charge is 0.496 e. The van der Waals surface area contributed by atoms with E-state index >= 15 is 0 Å². The van der Waals surface area contributed by atoms with E-state index in [0.29, 0.717) is 0 Å². The minimum Gasteiger partial charge on any atom is -0.496 e. The van der Waals surface area contributed by atoms with Crippen LogP contribution in [-0.4, -0.2) is 7.11 Å². The number of aryl methyl sites for hydroxylation is 2. The van der Waals surface area contributed by atoms with Crippen molar-refractivity contribution in [1.82, 2.24) is 0 Å². The molecule has 0 bridgehead atoms. The van der Waals surface area contributed by atoms with Gasteiger partial charge in [0.15, 0.2) is 0 Å². The molecule has 0 amide bonds. The van der Waals surface area contributed by atoms with Crippen molar-refractivity contribution < 1.29 is 4.74 Å².